The SMILES string of the molecule is CC.CC(C)C.CCC.c1ccc(C2(c3ccccc3)c3ccccc3-c3ccccc32)cc1. The highest BCUT2D eigenvalue weighted by molar-refractivity contribution is 5.86. The molecule has 0 fully saturated rings. The lowest BCUT2D eigenvalue weighted by molar-refractivity contribution is 0.737. The van der Waals surface area contributed by atoms with E-state index >= 15 is 0 Å². The molecule has 0 amide bonds. The molecule has 0 radical (unpaired) electrons. The predicted molar refractivity (Wildman–Crippen MR) is 152 cm³/mol. The minimum Gasteiger partial charge on any atom is -0.0683 e. The smallest absolute Gasteiger partial charge is 0.0683 e. The summed E-state index contributed by atoms with van der Waals surface area (Å²) in [6.07, 6.45) is 1.25. The van der Waals surface area contributed by atoms with Crippen LogP contribution in [0.25, 0.3) is 11.1 Å². The number of hydrogen-bond donors (Lipinski definition) is 0. The summed E-state index contributed by atoms with van der Waals surface area (Å²) in [6, 6.07) is 39.5. The van der Waals surface area contributed by atoms with Gasteiger partial charge in [-0.2, -0.15) is 0 Å². The Balaban J connectivity index is 0.000000399. The number of rotatable bonds is 2. The van der Waals surface area contributed by atoms with Crippen molar-refractivity contribution < 1.29 is 0 Å². The first-order chi connectivity index (χ1) is 16.6. The van der Waals surface area contributed by atoms with Gasteiger partial charge < -0.3 is 0 Å². The summed E-state index contributed by atoms with van der Waals surface area (Å²) in [7, 11) is 0. The van der Waals surface area contributed by atoms with Crippen molar-refractivity contribution in [3.63, 3.8) is 0 Å². The molecule has 0 bridgehead atoms. The van der Waals surface area contributed by atoms with E-state index in [4.69, 9.17) is 0 Å². The fraction of sp³-hybridized carbons (Fsp3) is 0.294. The van der Waals surface area contributed by atoms with Gasteiger partial charge in [0.2, 0.25) is 0 Å². The molecule has 0 heterocycles. The number of hydrogen-bond acceptors (Lipinski definition) is 0. The van der Waals surface area contributed by atoms with Crippen molar-refractivity contribution in [1.29, 1.82) is 0 Å². The molecule has 5 rings (SSSR count). The zero-order valence-corrected chi connectivity index (χ0v) is 22.2. The van der Waals surface area contributed by atoms with Crippen LogP contribution in [0.3, 0.4) is 0 Å². The molecule has 0 heteroatoms. The maximum Gasteiger partial charge on any atom is 0.0713 e. The molecule has 0 unspecified atom stereocenters. The van der Waals surface area contributed by atoms with Gasteiger partial charge in [-0.05, 0) is 39.3 Å². The quantitative estimate of drug-likeness (QED) is 0.251. The molecular formula is C34H42. The summed E-state index contributed by atoms with van der Waals surface area (Å²) in [4.78, 5) is 0. The van der Waals surface area contributed by atoms with Crippen molar-refractivity contribution in [1.82, 2.24) is 0 Å². The average molecular weight is 451 g/mol. The third-order valence-electron chi connectivity index (χ3n) is 5.37. The van der Waals surface area contributed by atoms with Crippen LogP contribution >= 0.6 is 0 Å². The summed E-state index contributed by atoms with van der Waals surface area (Å²) in [5, 5.41) is 0. The molecule has 0 spiro atoms. The van der Waals surface area contributed by atoms with Gasteiger partial charge in [-0.15, -0.1) is 0 Å². The molecule has 4 aromatic carbocycles. The standard InChI is InChI=1S/C25H18.C4H10.C3H8.C2H6/c1-3-11-19(12-4-1)25(20-13-5-2-6-14-20)23-17-9-7-15-21(23)22-16-8-10-18-24(22)25;1-4(2)3;1-3-2;1-2/h1-18H;4H,1-3H3;3H2,1-2H3;1-2H3. The normalized spacial score (nSPS) is 12.0. The summed E-state index contributed by atoms with van der Waals surface area (Å²) < 4.78 is 0. The van der Waals surface area contributed by atoms with E-state index in [2.05, 4.69) is 144 Å². The predicted octanol–water partition coefficient (Wildman–Crippen LogP) is 10.2. The molecule has 34 heavy (non-hydrogen) atoms. The van der Waals surface area contributed by atoms with Crippen LogP contribution in [0.2, 0.25) is 0 Å². The highest BCUT2D eigenvalue weighted by atomic mass is 14.5. The maximum absolute atomic E-state index is 2.29. The van der Waals surface area contributed by atoms with Crippen LogP contribution in [0.15, 0.2) is 109 Å². The van der Waals surface area contributed by atoms with Gasteiger partial charge in [0.25, 0.3) is 0 Å². The Morgan fingerprint density at radius 2 is 0.765 bits per heavy atom. The van der Waals surface area contributed by atoms with Crippen LogP contribution in [0, 0.1) is 5.92 Å². The lowest BCUT2D eigenvalue weighted by Crippen LogP contribution is -2.28. The first-order valence-corrected chi connectivity index (χ1v) is 12.9. The molecule has 178 valence electrons. The van der Waals surface area contributed by atoms with E-state index in [1.807, 2.05) is 13.8 Å². The molecule has 0 nitrogen and oxygen atoms in total. The van der Waals surface area contributed by atoms with Crippen molar-refractivity contribution in [2.45, 2.75) is 60.3 Å². The van der Waals surface area contributed by atoms with Crippen LogP contribution in [0.1, 0.15) is 77.1 Å². The van der Waals surface area contributed by atoms with E-state index in [0.717, 1.165) is 5.92 Å². The van der Waals surface area contributed by atoms with Gasteiger partial charge in [-0.25, -0.2) is 0 Å². The molecule has 0 atom stereocenters. The first-order valence-electron chi connectivity index (χ1n) is 12.9. The van der Waals surface area contributed by atoms with E-state index in [1.165, 1.54) is 39.8 Å². The molecule has 0 saturated heterocycles. The lowest BCUT2D eigenvalue weighted by Gasteiger charge is -2.33. The van der Waals surface area contributed by atoms with Crippen molar-refractivity contribution in [2.75, 3.05) is 0 Å². The van der Waals surface area contributed by atoms with E-state index < -0.39 is 0 Å². The summed E-state index contributed by atoms with van der Waals surface area (Å²) >= 11 is 0. The fourth-order valence-electron chi connectivity index (χ4n) is 4.40. The molecule has 4 aromatic rings. The van der Waals surface area contributed by atoms with Gasteiger partial charge in [-0.3, -0.25) is 0 Å². The van der Waals surface area contributed by atoms with Gasteiger partial charge in [0, 0.05) is 0 Å². The Labute approximate surface area is 208 Å². The molecule has 1 aliphatic rings. The second-order valence-corrected chi connectivity index (χ2v) is 9.01. The third-order valence-corrected chi connectivity index (χ3v) is 5.37. The van der Waals surface area contributed by atoms with E-state index in [1.54, 1.807) is 0 Å². The van der Waals surface area contributed by atoms with Crippen LogP contribution in [-0.2, 0) is 5.41 Å². The molecule has 0 saturated carbocycles. The Morgan fingerprint density at radius 3 is 1.09 bits per heavy atom. The van der Waals surface area contributed by atoms with Gasteiger partial charge in [-0.1, -0.05) is 164 Å². The molecule has 0 N–H and O–H groups in total. The van der Waals surface area contributed by atoms with E-state index in [9.17, 15) is 0 Å². The third kappa shape index (κ3) is 5.68. The Morgan fingerprint density at radius 1 is 0.500 bits per heavy atom. The molecule has 0 aromatic heterocycles. The van der Waals surface area contributed by atoms with Gasteiger partial charge in [0.15, 0.2) is 0 Å². The highest BCUT2D eigenvalue weighted by Gasteiger charge is 2.45. The average Bonchev–Trinajstić information content (AvgIpc) is 3.18. The Kier molecular flexibility index (Phi) is 10.8. The largest absolute Gasteiger partial charge is 0.0713 e. The minimum absolute atomic E-state index is 0.254. The summed E-state index contributed by atoms with van der Waals surface area (Å²) in [6.45, 7) is 14.7. The Bertz CT molecular complexity index is 1000. The van der Waals surface area contributed by atoms with E-state index in [0.29, 0.717) is 0 Å². The van der Waals surface area contributed by atoms with Crippen LogP contribution in [0.4, 0.5) is 0 Å². The van der Waals surface area contributed by atoms with Gasteiger partial charge >= 0.3 is 0 Å². The van der Waals surface area contributed by atoms with Gasteiger partial charge in [0.1, 0.15) is 0 Å². The zero-order chi connectivity index (χ0) is 25.0. The van der Waals surface area contributed by atoms with Crippen molar-refractivity contribution in [3.8, 4) is 11.1 Å². The Hall–Kier alpha value is -3.12. The summed E-state index contributed by atoms with van der Waals surface area (Å²) in [5.41, 5.74) is 7.80. The second-order valence-electron chi connectivity index (χ2n) is 9.01. The summed E-state index contributed by atoms with van der Waals surface area (Å²) in [5.74, 6) is 0.833. The molecular weight excluding hydrogens is 408 g/mol. The number of fused-ring (bicyclic) bond motifs is 3. The van der Waals surface area contributed by atoms with Crippen molar-refractivity contribution in [3.05, 3.63) is 131 Å². The number of benzene rings is 4. The lowest BCUT2D eigenvalue weighted by atomic mass is 9.68. The maximum atomic E-state index is 2.29. The topological polar surface area (TPSA) is 0 Å². The van der Waals surface area contributed by atoms with Gasteiger partial charge in [0.05, 0.1) is 5.41 Å². The van der Waals surface area contributed by atoms with Crippen LogP contribution in [0.5, 0.6) is 0 Å². The highest BCUT2D eigenvalue weighted by Crippen LogP contribution is 2.55. The minimum atomic E-state index is -0.254. The molecule has 0 aliphatic heterocycles. The van der Waals surface area contributed by atoms with E-state index in [-0.39, 0.29) is 5.41 Å². The van der Waals surface area contributed by atoms with Crippen molar-refractivity contribution in [2.24, 2.45) is 5.92 Å². The monoisotopic (exact) mass is 450 g/mol. The van der Waals surface area contributed by atoms with Crippen LogP contribution in [-0.4, -0.2) is 0 Å². The second kappa shape index (κ2) is 13.6. The fourth-order valence-corrected chi connectivity index (χ4v) is 4.40. The zero-order valence-electron chi connectivity index (χ0n) is 22.2. The van der Waals surface area contributed by atoms with Crippen LogP contribution < -0.4 is 0 Å². The first kappa shape index (κ1) is 27.1. The molecule has 1 aliphatic carbocycles. The van der Waals surface area contributed by atoms with Crippen molar-refractivity contribution >= 4 is 0 Å².